The van der Waals surface area contributed by atoms with E-state index < -0.39 is 21.8 Å². The lowest BCUT2D eigenvalue weighted by atomic mass is 10.1. The molecule has 2 rings (SSSR count). The molecule has 1 aromatic carbocycles. The number of benzene rings is 1. The van der Waals surface area contributed by atoms with E-state index >= 15 is 0 Å². The van der Waals surface area contributed by atoms with Gasteiger partial charge in [0.15, 0.2) is 0 Å². The van der Waals surface area contributed by atoms with Crippen LogP contribution in [0.3, 0.4) is 0 Å². The van der Waals surface area contributed by atoms with Gasteiger partial charge < -0.3 is 5.32 Å². The van der Waals surface area contributed by atoms with Gasteiger partial charge in [-0.1, -0.05) is 5.92 Å². The summed E-state index contributed by atoms with van der Waals surface area (Å²) >= 11 is 0. The molecule has 0 spiro atoms. The number of terminal acetylenes is 1. The van der Waals surface area contributed by atoms with E-state index in [9.17, 15) is 18.0 Å². The number of carbonyl (C=O) groups is 2. The molecule has 104 valence electrons. The van der Waals surface area contributed by atoms with E-state index in [1.807, 2.05) is 0 Å². The highest BCUT2D eigenvalue weighted by Gasteiger charge is 2.40. The Kier molecular flexibility index (Phi) is 3.51. The van der Waals surface area contributed by atoms with Gasteiger partial charge in [-0.15, -0.1) is 6.42 Å². The molecule has 0 radical (unpaired) electrons. The lowest BCUT2D eigenvalue weighted by molar-refractivity contribution is 0.0874. The number of sulfonamides is 1. The van der Waals surface area contributed by atoms with Crippen LogP contribution in [-0.4, -0.2) is 37.6 Å². The van der Waals surface area contributed by atoms with E-state index in [0.717, 1.165) is 4.31 Å². The molecule has 0 fully saturated rings. The van der Waals surface area contributed by atoms with Gasteiger partial charge in [0.2, 0.25) is 0 Å². The van der Waals surface area contributed by atoms with Gasteiger partial charge in [0.05, 0.1) is 12.1 Å². The summed E-state index contributed by atoms with van der Waals surface area (Å²) < 4.78 is 25.1. The molecule has 0 aliphatic carbocycles. The highest BCUT2D eigenvalue weighted by molar-refractivity contribution is 7.90. The Balaban J connectivity index is 2.47. The monoisotopic (exact) mass is 292 g/mol. The van der Waals surface area contributed by atoms with Crippen LogP contribution in [0.15, 0.2) is 23.1 Å². The van der Waals surface area contributed by atoms with Gasteiger partial charge in [-0.3, -0.25) is 9.59 Å². The second-order valence-electron chi connectivity index (χ2n) is 4.07. The van der Waals surface area contributed by atoms with Gasteiger partial charge in [-0.2, -0.15) is 0 Å². The summed E-state index contributed by atoms with van der Waals surface area (Å²) in [6.07, 6.45) is 5.03. The zero-order valence-electron chi connectivity index (χ0n) is 10.7. The van der Waals surface area contributed by atoms with Gasteiger partial charge in [-0.05, 0) is 25.1 Å². The Morgan fingerprint density at radius 2 is 2.15 bits per heavy atom. The fraction of sp³-hybridized carbons (Fsp3) is 0.231. The van der Waals surface area contributed by atoms with Crippen molar-refractivity contribution in [2.75, 3.05) is 13.1 Å². The molecule has 0 saturated heterocycles. The summed E-state index contributed by atoms with van der Waals surface area (Å²) in [5.41, 5.74) is 0.230. The minimum Gasteiger partial charge on any atom is -0.341 e. The summed E-state index contributed by atoms with van der Waals surface area (Å²) in [7, 11) is -3.86. The Labute approximate surface area is 116 Å². The number of nitrogens with zero attached hydrogens (tertiary/aromatic N) is 1. The van der Waals surface area contributed by atoms with E-state index in [2.05, 4.69) is 11.2 Å². The van der Waals surface area contributed by atoms with E-state index in [4.69, 9.17) is 6.42 Å². The summed E-state index contributed by atoms with van der Waals surface area (Å²) in [5.74, 6) is 1.19. The molecule has 1 heterocycles. The molecule has 7 heteroatoms. The quantitative estimate of drug-likeness (QED) is 0.807. The van der Waals surface area contributed by atoms with Gasteiger partial charge in [0, 0.05) is 12.1 Å². The van der Waals surface area contributed by atoms with E-state index in [-0.39, 0.29) is 29.1 Å². The average molecular weight is 292 g/mol. The van der Waals surface area contributed by atoms with Crippen molar-refractivity contribution in [1.29, 1.82) is 0 Å². The zero-order chi connectivity index (χ0) is 14.9. The molecule has 6 nitrogen and oxygen atoms in total. The Bertz CT molecular complexity index is 731. The molecule has 1 aliphatic heterocycles. The fourth-order valence-electron chi connectivity index (χ4n) is 1.96. The Morgan fingerprint density at radius 3 is 2.75 bits per heavy atom. The first-order valence-corrected chi connectivity index (χ1v) is 7.30. The molecule has 0 unspecified atom stereocenters. The highest BCUT2D eigenvalue weighted by atomic mass is 32.2. The van der Waals surface area contributed by atoms with Crippen LogP contribution in [0.25, 0.3) is 0 Å². The molecular formula is C13H12N2O4S. The zero-order valence-corrected chi connectivity index (χ0v) is 11.5. The number of rotatable bonds is 3. The minimum atomic E-state index is -3.86. The van der Waals surface area contributed by atoms with Crippen LogP contribution in [-0.2, 0) is 10.0 Å². The number of hydrogen-bond acceptors (Lipinski definition) is 4. The van der Waals surface area contributed by atoms with Crippen LogP contribution >= 0.6 is 0 Å². The maximum absolute atomic E-state index is 12.2. The van der Waals surface area contributed by atoms with Crippen molar-refractivity contribution in [2.24, 2.45) is 0 Å². The smallest absolute Gasteiger partial charge is 0.268 e. The molecule has 0 saturated carbocycles. The minimum absolute atomic E-state index is 0.0443. The average Bonchev–Trinajstić information content (AvgIpc) is 2.62. The third-order valence-electron chi connectivity index (χ3n) is 2.91. The number of fused-ring (bicyclic) bond motifs is 1. The fourth-order valence-corrected chi connectivity index (χ4v) is 3.57. The van der Waals surface area contributed by atoms with Crippen molar-refractivity contribution in [3.63, 3.8) is 0 Å². The summed E-state index contributed by atoms with van der Waals surface area (Å²) in [6, 6.07) is 3.94. The maximum atomic E-state index is 12.2. The molecule has 0 atom stereocenters. The number of hydrogen-bond donors (Lipinski definition) is 1. The van der Waals surface area contributed by atoms with Crippen LogP contribution in [0.4, 0.5) is 0 Å². The summed E-state index contributed by atoms with van der Waals surface area (Å²) in [5, 5.41) is 2.44. The summed E-state index contributed by atoms with van der Waals surface area (Å²) in [4.78, 5) is 23.5. The van der Waals surface area contributed by atoms with Gasteiger partial charge in [0.1, 0.15) is 4.90 Å². The molecule has 0 aromatic heterocycles. The predicted octanol–water partition coefficient (Wildman–Crippen LogP) is 0.214. The van der Waals surface area contributed by atoms with E-state index in [1.54, 1.807) is 6.92 Å². The Morgan fingerprint density at radius 1 is 1.45 bits per heavy atom. The van der Waals surface area contributed by atoms with Crippen LogP contribution in [0.1, 0.15) is 27.6 Å². The van der Waals surface area contributed by atoms with Gasteiger partial charge >= 0.3 is 0 Å². The molecule has 2 amide bonds. The summed E-state index contributed by atoms with van der Waals surface area (Å²) in [6.45, 7) is 1.67. The topological polar surface area (TPSA) is 83.6 Å². The molecule has 0 bridgehead atoms. The van der Waals surface area contributed by atoms with Crippen molar-refractivity contribution < 1.29 is 18.0 Å². The second kappa shape index (κ2) is 4.98. The lowest BCUT2D eigenvalue weighted by Crippen LogP contribution is -2.29. The van der Waals surface area contributed by atoms with Crippen molar-refractivity contribution in [2.45, 2.75) is 11.8 Å². The number of amides is 2. The molecule has 1 aliphatic rings. The Hall–Kier alpha value is -2.33. The van der Waals surface area contributed by atoms with Crippen LogP contribution in [0.5, 0.6) is 0 Å². The van der Waals surface area contributed by atoms with Crippen LogP contribution in [0, 0.1) is 12.3 Å². The van der Waals surface area contributed by atoms with Crippen molar-refractivity contribution >= 4 is 21.8 Å². The SMILES string of the molecule is C#CCNC(=O)c1ccc2c(c1)S(=O)(=O)N(CC)C2=O. The molecule has 1 N–H and O–H groups in total. The largest absolute Gasteiger partial charge is 0.341 e. The standard InChI is InChI=1S/C13H12N2O4S/c1-3-7-14-12(16)9-5-6-10-11(8-9)20(18,19)15(4-2)13(10)17/h1,5-6,8H,4,7H2,2H3,(H,14,16). The third-order valence-corrected chi connectivity index (χ3v) is 4.80. The first-order valence-electron chi connectivity index (χ1n) is 5.86. The molecule has 20 heavy (non-hydrogen) atoms. The van der Waals surface area contributed by atoms with Crippen molar-refractivity contribution in [1.82, 2.24) is 9.62 Å². The molecule has 1 aromatic rings. The van der Waals surface area contributed by atoms with Gasteiger partial charge in [0.25, 0.3) is 21.8 Å². The third kappa shape index (κ3) is 2.04. The van der Waals surface area contributed by atoms with Crippen molar-refractivity contribution in [3.8, 4) is 12.3 Å². The maximum Gasteiger partial charge on any atom is 0.268 e. The first kappa shape index (κ1) is 14.1. The normalized spacial score (nSPS) is 15.6. The van der Waals surface area contributed by atoms with Crippen LogP contribution in [0.2, 0.25) is 0 Å². The van der Waals surface area contributed by atoms with Crippen molar-refractivity contribution in [3.05, 3.63) is 29.3 Å². The molecular weight excluding hydrogens is 280 g/mol. The van der Waals surface area contributed by atoms with E-state index in [0.29, 0.717) is 0 Å². The first-order chi connectivity index (χ1) is 9.43. The number of carbonyl (C=O) groups excluding carboxylic acids is 2. The number of nitrogens with one attached hydrogen (secondary N) is 1. The predicted molar refractivity (Wildman–Crippen MR) is 71.5 cm³/mol. The second-order valence-corrected chi connectivity index (χ2v) is 5.90. The van der Waals surface area contributed by atoms with Gasteiger partial charge in [-0.25, -0.2) is 12.7 Å². The highest BCUT2D eigenvalue weighted by Crippen LogP contribution is 2.30. The van der Waals surface area contributed by atoms with E-state index in [1.165, 1.54) is 18.2 Å². The van der Waals surface area contributed by atoms with Crippen LogP contribution < -0.4 is 5.32 Å². The lowest BCUT2D eigenvalue weighted by Gasteiger charge is -2.11.